The normalized spacial score (nSPS) is 26.2. The van der Waals surface area contributed by atoms with Crippen LogP contribution in [0.4, 0.5) is 4.79 Å². The summed E-state index contributed by atoms with van der Waals surface area (Å²) in [4.78, 5) is 24.3. The number of aliphatic carboxylic acids is 1. The van der Waals surface area contributed by atoms with Gasteiger partial charge in [0, 0.05) is 13.1 Å². The number of urea groups is 1. The minimum atomic E-state index is -0.940. The lowest BCUT2D eigenvalue weighted by molar-refractivity contribution is -0.137. The number of hydrogen-bond acceptors (Lipinski definition) is 2. The highest BCUT2D eigenvalue weighted by Crippen LogP contribution is 2.31. The quantitative estimate of drug-likeness (QED) is 0.773. The summed E-state index contributed by atoms with van der Waals surface area (Å²) < 4.78 is 0. The second-order valence-electron chi connectivity index (χ2n) is 6.07. The molecule has 2 rings (SSSR count). The van der Waals surface area contributed by atoms with E-state index in [1.54, 1.807) is 0 Å². The molecular formula is C14H24N2O3. The molecule has 5 heteroatoms. The van der Waals surface area contributed by atoms with Crippen LogP contribution in [-0.2, 0) is 4.79 Å². The lowest BCUT2D eigenvalue weighted by atomic mass is 9.98. The summed E-state index contributed by atoms with van der Waals surface area (Å²) in [6.45, 7) is 3.30. The van der Waals surface area contributed by atoms with Crippen molar-refractivity contribution in [3.05, 3.63) is 0 Å². The van der Waals surface area contributed by atoms with Crippen LogP contribution < -0.4 is 5.32 Å². The second kappa shape index (κ2) is 6.26. The zero-order chi connectivity index (χ0) is 13.8. The fraction of sp³-hybridized carbons (Fsp3) is 0.857. The van der Waals surface area contributed by atoms with E-state index in [9.17, 15) is 9.59 Å². The number of nitrogens with one attached hydrogen (secondary N) is 1. The van der Waals surface area contributed by atoms with Gasteiger partial charge in [-0.15, -0.1) is 0 Å². The molecule has 2 aliphatic rings. The molecule has 0 spiro atoms. The van der Waals surface area contributed by atoms with E-state index in [1.165, 1.54) is 24.2 Å². The van der Waals surface area contributed by atoms with Gasteiger partial charge in [0.2, 0.25) is 0 Å². The van der Waals surface area contributed by atoms with Gasteiger partial charge in [-0.2, -0.15) is 0 Å². The molecule has 0 radical (unpaired) electrons. The SMILES string of the molecule is CC1CCCC1CNC(=O)N(CC(=O)O)CC1CC1. The molecule has 2 aliphatic carbocycles. The van der Waals surface area contributed by atoms with Crippen molar-refractivity contribution in [2.45, 2.75) is 39.0 Å². The smallest absolute Gasteiger partial charge is 0.323 e. The van der Waals surface area contributed by atoms with E-state index in [0.29, 0.717) is 30.8 Å². The molecule has 2 atom stereocenters. The largest absolute Gasteiger partial charge is 0.480 e. The molecule has 19 heavy (non-hydrogen) atoms. The van der Waals surface area contributed by atoms with E-state index in [-0.39, 0.29) is 12.6 Å². The fourth-order valence-corrected chi connectivity index (χ4v) is 2.85. The fourth-order valence-electron chi connectivity index (χ4n) is 2.85. The van der Waals surface area contributed by atoms with E-state index in [2.05, 4.69) is 12.2 Å². The first-order valence-corrected chi connectivity index (χ1v) is 7.31. The zero-order valence-electron chi connectivity index (χ0n) is 11.6. The Balaban J connectivity index is 1.78. The van der Waals surface area contributed by atoms with Crippen molar-refractivity contribution >= 4 is 12.0 Å². The highest BCUT2D eigenvalue weighted by molar-refractivity contribution is 5.80. The molecule has 2 amide bonds. The molecule has 2 fully saturated rings. The molecule has 0 aliphatic heterocycles. The van der Waals surface area contributed by atoms with Crippen molar-refractivity contribution in [3.8, 4) is 0 Å². The number of carbonyl (C=O) groups excluding carboxylic acids is 1. The Morgan fingerprint density at radius 1 is 1.26 bits per heavy atom. The maximum atomic E-state index is 12.1. The molecule has 0 aromatic carbocycles. The summed E-state index contributed by atoms with van der Waals surface area (Å²) in [5, 5.41) is 11.8. The minimum absolute atomic E-state index is 0.192. The Bertz CT molecular complexity index is 342. The van der Waals surface area contributed by atoms with Gasteiger partial charge in [0.15, 0.2) is 0 Å². The van der Waals surface area contributed by atoms with Gasteiger partial charge >= 0.3 is 12.0 Å². The summed E-state index contributed by atoms with van der Waals surface area (Å²) in [6, 6.07) is -0.214. The van der Waals surface area contributed by atoms with Crippen LogP contribution in [0.25, 0.3) is 0 Å². The van der Waals surface area contributed by atoms with Crippen molar-refractivity contribution in [3.63, 3.8) is 0 Å². The third-order valence-corrected chi connectivity index (χ3v) is 4.34. The predicted octanol–water partition coefficient (Wildman–Crippen LogP) is 1.93. The lowest BCUT2D eigenvalue weighted by Crippen LogP contribution is -2.45. The monoisotopic (exact) mass is 268 g/mol. The third-order valence-electron chi connectivity index (χ3n) is 4.34. The number of nitrogens with zero attached hydrogens (tertiary/aromatic N) is 1. The van der Waals surface area contributed by atoms with Gasteiger partial charge in [-0.05, 0) is 37.0 Å². The second-order valence-corrected chi connectivity index (χ2v) is 6.07. The maximum Gasteiger partial charge on any atom is 0.323 e. The molecule has 0 saturated heterocycles. The Morgan fingerprint density at radius 2 is 2.00 bits per heavy atom. The Kier molecular flexibility index (Phi) is 4.66. The summed E-state index contributed by atoms with van der Waals surface area (Å²) in [7, 11) is 0. The highest BCUT2D eigenvalue weighted by atomic mass is 16.4. The van der Waals surface area contributed by atoms with E-state index >= 15 is 0 Å². The molecule has 2 N–H and O–H groups in total. The standard InChI is InChI=1S/C14H24N2O3/c1-10-3-2-4-12(10)7-15-14(19)16(9-13(17)18)8-11-5-6-11/h10-12H,2-9H2,1H3,(H,15,19)(H,17,18). The molecule has 108 valence electrons. The number of amides is 2. The van der Waals surface area contributed by atoms with E-state index < -0.39 is 5.97 Å². The van der Waals surface area contributed by atoms with Crippen LogP contribution in [-0.4, -0.2) is 41.6 Å². The summed E-state index contributed by atoms with van der Waals surface area (Å²) in [5.74, 6) is 0.786. The van der Waals surface area contributed by atoms with Crippen LogP contribution in [0.3, 0.4) is 0 Å². The van der Waals surface area contributed by atoms with Crippen molar-refractivity contribution in [2.24, 2.45) is 17.8 Å². The van der Waals surface area contributed by atoms with Crippen LogP contribution in [0.1, 0.15) is 39.0 Å². The van der Waals surface area contributed by atoms with E-state index in [0.717, 1.165) is 12.8 Å². The van der Waals surface area contributed by atoms with Crippen molar-refractivity contribution in [2.75, 3.05) is 19.6 Å². The predicted molar refractivity (Wildman–Crippen MR) is 71.8 cm³/mol. The zero-order valence-corrected chi connectivity index (χ0v) is 11.6. The number of carboxylic acid groups (broad SMARTS) is 1. The molecule has 5 nitrogen and oxygen atoms in total. The van der Waals surface area contributed by atoms with Crippen LogP contribution in [0.15, 0.2) is 0 Å². The number of carboxylic acids is 1. The average Bonchev–Trinajstić information content (AvgIpc) is 3.07. The van der Waals surface area contributed by atoms with Gasteiger partial charge in [0.25, 0.3) is 0 Å². The highest BCUT2D eigenvalue weighted by Gasteiger charge is 2.29. The Morgan fingerprint density at radius 3 is 2.53 bits per heavy atom. The average molecular weight is 268 g/mol. The molecule has 0 bridgehead atoms. The summed E-state index contributed by atoms with van der Waals surface area (Å²) in [6.07, 6.45) is 5.87. The molecule has 2 unspecified atom stereocenters. The first-order valence-electron chi connectivity index (χ1n) is 7.31. The maximum absolute atomic E-state index is 12.1. The van der Waals surface area contributed by atoms with Crippen molar-refractivity contribution < 1.29 is 14.7 Å². The van der Waals surface area contributed by atoms with Crippen LogP contribution in [0, 0.1) is 17.8 Å². The van der Waals surface area contributed by atoms with Gasteiger partial charge in [-0.25, -0.2) is 4.79 Å². The van der Waals surface area contributed by atoms with Crippen LogP contribution in [0.5, 0.6) is 0 Å². The molecular weight excluding hydrogens is 244 g/mol. The van der Waals surface area contributed by atoms with Crippen molar-refractivity contribution in [1.29, 1.82) is 0 Å². The first-order chi connectivity index (χ1) is 9.06. The van der Waals surface area contributed by atoms with Crippen LogP contribution in [0.2, 0.25) is 0 Å². The van der Waals surface area contributed by atoms with Gasteiger partial charge in [0.1, 0.15) is 6.54 Å². The Labute approximate surface area is 114 Å². The van der Waals surface area contributed by atoms with Gasteiger partial charge in [-0.3, -0.25) is 4.79 Å². The number of hydrogen-bond donors (Lipinski definition) is 2. The van der Waals surface area contributed by atoms with Gasteiger partial charge in [0.05, 0.1) is 0 Å². The molecule has 0 aromatic heterocycles. The number of rotatable bonds is 6. The summed E-state index contributed by atoms with van der Waals surface area (Å²) in [5.41, 5.74) is 0. The van der Waals surface area contributed by atoms with Crippen molar-refractivity contribution in [1.82, 2.24) is 10.2 Å². The molecule has 0 aromatic rings. The lowest BCUT2D eigenvalue weighted by Gasteiger charge is -2.23. The number of carbonyl (C=O) groups is 2. The van der Waals surface area contributed by atoms with Crippen LogP contribution >= 0.6 is 0 Å². The topological polar surface area (TPSA) is 69.6 Å². The Hall–Kier alpha value is -1.26. The third kappa shape index (κ3) is 4.40. The minimum Gasteiger partial charge on any atom is -0.480 e. The summed E-state index contributed by atoms with van der Waals surface area (Å²) >= 11 is 0. The molecule has 2 saturated carbocycles. The molecule has 0 heterocycles. The van der Waals surface area contributed by atoms with E-state index in [4.69, 9.17) is 5.11 Å². The first kappa shape index (κ1) is 14.2. The van der Waals surface area contributed by atoms with E-state index in [1.807, 2.05) is 0 Å². The van der Waals surface area contributed by atoms with Gasteiger partial charge < -0.3 is 15.3 Å². The van der Waals surface area contributed by atoms with Gasteiger partial charge in [-0.1, -0.05) is 19.8 Å².